The highest BCUT2D eigenvalue weighted by Crippen LogP contribution is 2.31. The van der Waals surface area contributed by atoms with E-state index in [-0.39, 0.29) is 19.4 Å². The van der Waals surface area contributed by atoms with Gasteiger partial charge in [-0.25, -0.2) is 0 Å². The highest BCUT2D eigenvalue weighted by molar-refractivity contribution is 5.71. The van der Waals surface area contributed by atoms with Gasteiger partial charge in [-0.05, 0) is 37.9 Å². The molecule has 0 radical (unpaired) electrons. The molecular weight excluding hydrogens is 374 g/mol. The van der Waals surface area contributed by atoms with E-state index in [1.165, 1.54) is 0 Å². The van der Waals surface area contributed by atoms with Crippen molar-refractivity contribution in [2.45, 2.75) is 25.2 Å². The lowest BCUT2D eigenvalue weighted by atomic mass is 10.0. The zero-order chi connectivity index (χ0) is 21.2. The molecule has 0 spiro atoms. The number of aliphatic hydroxyl groups is 2. The number of hydrogen-bond acceptors (Lipinski definition) is 7. The Bertz CT molecular complexity index is 760. The monoisotopic (exact) mass is 403 g/mol. The van der Waals surface area contributed by atoms with Gasteiger partial charge in [0.05, 0.1) is 13.5 Å². The number of nitrogens with zero attached hydrogens (tertiary/aromatic N) is 1. The third-order valence-corrected chi connectivity index (χ3v) is 4.19. The number of para-hydroxylation sites is 1. The summed E-state index contributed by atoms with van der Waals surface area (Å²) < 4.78 is 16.7. The Kier molecular flexibility index (Phi) is 8.92. The molecule has 0 aliphatic rings. The molecule has 0 amide bonds. The third-order valence-electron chi connectivity index (χ3n) is 4.19. The van der Waals surface area contributed by atoms with E-state index < -0.39 is 18.4 Å². The predicted octanol–water partition coefficient (Wildman–Crippen LogP) is 2.31. The first-order chi connectivity index (χ1) is 13.9. The molecule has 0 saturated carbocycles. The Balaban J connectivity index is 2.07. The second-order valence-corrected chi connectivity index (χ2v) is 6.93. The van der Waals surface area contributed by atoms with E-state index in [0.29, 0.717) is 12.3 Å². The number of likely N-dealkylation sites (N-methyl/N-ethyl adjacent to an activating group) is 1. The van der Waals surface area contributed by atoms with Crippen LogP contribution in [0.4, 0.5) is 0 Å². The van der Waals surface area contributed by atoms with Crippen LogP contribution in [0.15, 0.2) is 48.5 Å². The van der Waals surface area contributed by atoms with E-state index in [4.69, 9.17) is 24.4 Å². The second kappa shape index (κ2) is 11.4. The van der Waals surface area contributed by atoms with Gasteiger partial charge >= 0.3 is 5.97 Å². The van der Waals surface area contributed by atoms with E-state index in [1.54, 1.807) is 7.11 Å². The van der Waals surface area contributed by atoms with Gasteiger partial charge in [0, 0.05) is 18.5 Å². The summed E-state index contributed by atoms with van der Waals surface area (Å²) in [5.41, 5.74) is 1.91. The summed E-state index contributed by atoms with van der Waals surface area (Å²) in [4.78, 5) is 13.9. The molecule has 0 aliphatic heterocycles. The maximum atomic E-state index is 12.0. The Labute approximate surface area is 171 Å². The van der Waals surface area contributed by atoms with Gasteiger partial charge in [0.25, 0.3) is 0 Å². The zero-order valence-electron chi connectivity index (χ0n) is 17.1. The largest absolute Gasteiger partial charge is 0.497 e. The van der Waals surface area contributed by atoms with Crippen molar-refractivity contribution in [2.24, 2.45) is 0 Å². The summed E-state index contributed by atoms with van der Waals surface area (Å²) in [6.45, 7) is 0.664. The van der Waals surface area contributed by atoms with Crippen molar-refractivity contribution in [1.82, 2.24) is 4.90 Å². The van der Waals surface area contributed by atoms with Crippen LogP contribution in [0.2, 0.25) is 0 Å². The summed E-state index contributed by atoms with van der Waals surface area (Å²) in [5.74, 6) is 0.971. The first-order valence-corrected chi connectivity index (χ1v) is 9.45. The van der Waals surface area contributed by atoms with Crippen LogP contribution in [-0.4, -0.2) is 67.8 Å². The number of benzene rings is 2. The van der Waals surface area contributed by atoms with Crippen LogP contribution in [0, 0.1) is 0 Å². The van der Waals surface area contributed by atoms with Crippen LogP contribution < -0.4 is 9.47 Å². The highest BCUT2D eigenvalue weighted by Gasteiger charge is 2.18. The van der Waals surface area contributed by atoms with Gasteiger partial charge in [0.1, 0.15) is 24.2 Å². The molecule has 0 aromatic heterocycles. The summed E-state index contributed by atoms with van der Waals surface area (Å²) in [6, 6.07) is 15.3. The molecule has 2 N–H and O–H groups in total. The standard InChI is InChI=1S/C22H29NO6/c1-23(2)14-18(29-22(26)13-12-21(24)25)15-28-20-7-5-4-6-19(20)16-8-10-17(27-3)11-9-16/h4-11,18,21,24-25H,12-15H2,1-3H3. The lowest BCUT2D eigenvalue weighted by molar-refractivity contribution is -0.153. The fraction of sp³-hybridized carbons (Fsp3) is 0.409. The first kappa shape index (κ1) is 22.7. The average Bonchev–Trinajstić information content (AvgIpc) is 2.70. The summed E-state index contributed by atoms with van der Waals surface area (Å²) >= 11 is 0. The minimum absolute atomic E-state index is 0.0608. The topological polar surface area (TPSA) is 88.5 Å². The predicted molar refractivity (Wildman–Crippen MR) is 110 cm³/mol. The van der Waals surface area contributed by atoms with Crippen molar-refractivity contribution in [3.05, 3.63) is 48.5 Å². The van der Waals surface area contributed by atoms with Crippen LogP contribution >= 0.6 is 0 Å². The van der Waals surface area contributed by atoms with Crippen LogP contribution in [0.3, 0.4) is 0 Å². The molecule has 1 unspecified atom stereocenters. The Hall–Kier alpha value is -2.61. The van der Waals surface area contributed by atoms with E-state index in [2.05, 4.69) is 0 Å². The molecule has 29 heavy (non-hydrogen) atoms. The second-order valence-electron chi connectivity index (χ2n) is 6.93. The van der Waals surface area contributed by atoms with Crippen LogP contribution in [-0.2, 0) is 9.53 Å². The van der Waals surface area contributed by atoms with Gasteiger partial charge in [-0.15, -0.1) is 0 Å². The maximum absolute atomic E-state index is 12.0. The third kappa shape index (κ3) is 7.73. The molecule has 1 atom stereocenters. The van der Waals surface area contributed by atoms with Crippen molar-refractivity contribution >= 4 is 5.97 Å². The number of rotatable bonds is 11. The number of ether oxygens (including phenoxy) is 3. The molecule has 2 rings (SSSR count). The molecular formula is C22H29NO6. The molecule has 158 valence electrons. The van der Waals surface area contributed by atoms with Crippen molar-refractivity contribution in [1.29, 1.82) is 0 Å². The normalized spacial score (nSPS) is 12.1. The number of esters is 1. The fourth-order valence-electron chi connectivity index (χ4n) is 2.81. The summed E-state index contributed by atoms with van der Waals surface area (Å²) in [7, 11) is 5.38. The van der Waals surface area contributed by atoms with Gasteiger partial charge in [0.15, 0.2) is 6.29 Å². The first-order valence-electron chi connectivity index (χ1n) is 9.45. The minimum atomic E-state index is -1.53. The van der Waals surface area contributed by atoms with Gasteiger partial charge in [-0.1, -0.05) is 30.3 Å². The highest BCUT2D eigenvalue weighted by atomic mass is 16.6. The summed E-state index contributed by atoms with van der Waals surface area (Å²) in [5, 5.41) is 17.8. The van der Waals surface area contributed by atoms with Crippen molar-refractivity contribution in [2.75, 3.05) is 34.4 Å². The van der Waals surface area contributed by atoms with Gasteiger partial charge in [-0.2, -0.15) is 0 Å². The number of hydrogen-bond donors (Lipinski definition) is 2. The summed E-state index contributed by atoms with van der Waals surface area (Å²) in [6.07, 6.45) is -2.14. The molecule has 0 heterocycles. The zero-order valence-corrected chi connectivity index (χ0v) is 17.1. The lowest BCUT2D eigenvalue weighted by Gasteiger charge is -2.22. The van der Waals surface area contributed by atoms with E-state index >= 15 is 0 Å². The lowest BCUT2D eigenvalue weighted by Crippen LogP contribution is -2.35. The van der Waals surface area contributed by atoms with Crippen molar-refractivity contribution < 1.29 is 29.2 Å². The van der Waals surface area contributed by atoms with Gasteiger partial charge in [0.2, 0.25) is 0 Å². The molecule has 0 saturated heterocycles. The number of carbonyl (C=O) groups excluding carboxylic acids is 1. The SMILES string of the molecule is COc1ccc(-c2ccccc2OCC(CN(C)C)OC(=O)CCC(O)O)cc1. The fourth-order valence-corrected chi connectivity index (χ4v) is 2.81. The number of aliphatic hydroxyl groups excluding tert-OH is 1. The molecule has 0 fully saturated rings. The number of methoxy groups -OCH3 is 1. The maximum Gasteiger partial charge on any atom is 0.306 e. The molecule has 7 heteroatoms. The van der Waals surface area contributed by atoms with Crippen LogP contribution in [0.25, 0.3) is 11.1 Å². The average molecular weight is 403 g/mol. The quantitative estimate of drug-likeness (QED) is 0.440. The molecule has 2 aromatic rings. The molecule has 0 aliphatic carbocycles. The molecule has 0 bridgehead atoms. The van der Waals surface area contributed by atoms with Crippen LogP contribution in [0.1, 0.15) is 12.8 Å². The Morgan fingerprint density at radius 1 is 1.07 bits per heavy atom. The van der Waals surface area contributed by atoms with Crippen LogP contribution in [0.5, 0.6) is 11.5 Å². The van der Waals surface area contributed by atoms with Gasteiger partial charge < -0.3 is 29.3 Å². The number of carbonyl (C=O) groups is 1. The van der Waals surface area contributed by atoms with E-state index in [1.807, 2.05) is 67.5 Å². The van der Waals surface area contributed by atoms with Crippen molar-refractivity contribution in [3.63, 3.8) is 0 Å². The Morgan fingerprint density at radius 2 is 1.76 bits per heavy atom. The van der Waals surface area contributed by atoms with Crippen molar-refractivity contribution in [3.8, 4) is 22.6 Å². The van der Waals surface area contributed by atoms with Gasteiger partial charge in [-0.3, -0.25) is 4.79 Å². The van der Waals surface area contributed by atoms with E-state index in [0.717, 1.165) is 16.9 Å². The molecule has 7 nitrogen and oxygen atoms in total. The van der Waals surface area contributed by atoms with E-state index in [9.17, 15) is 4.79 Å². The molecule has 2 aromatic carbocycles. The minimum Gasteiger partial charge on any atom is -0.497 e. The Morgan fingerprint density at radius 3 is 2.38 bits per heavy atom. The smallest absolute Gasteiger partial charge is 0.306 e.